The number of rotatable bonds is 16. The number of H-pyrrole nitrogens is 2. The smallest absolute Gasteiger partial charge is 0.306 e. The van der Waals surface area contributed by atoms with Crippen molar-refractivity contribution in [1.82, 2.24) is 24.8 Å². The molecule has 7 aromatic rings. The van der Waals surface area contributed by atoms with Gasteiger partial charge in [-0.05, 0) is 114 Å². The van der Waals surface area contributed by atoms with E-state index < -0.39 is 22.4 Å². The minimum atomic E-state index is -1.07. The number of carbonyl (C=O) groups excluding carboxylic acids is 3. The van der Waals surface area contributed by atoms with Gasteiger partial charge in [-0.3, -0.25) is 14.4 Å². The number of piperidine rings is 1. The third kappa shape index (κ3) is 10.4. The molecule has 0 spiro atoms. The Morgan fingerprint density at radius 2 is 1.40 bits per heavy atom. The number of likely N-dealkylation sites (tertiary alicyclic amines) is 2. The van der Waals surface area contributed by atoms with Crippen LogP contribution < -0.4 is 5.73 Å². The van der Waals surface area contributed by atoms with Crippen molar-refractivity contribution in [3.05, 3.63) is 150 Å². The van der Waals surface area contributed by atoms with Crippen molar-refractivity contribution in [2.24, 2.45) is 22.6 Å². The number of benzene rings is 5. The van der Waals surface area contributed by atoms with E-state index in [9.17, 15) is 14.4 Å². The molecular formula is C59H67N7O5S. The number of carbonyl (C=O) groups is 3. The standard InChI is InChI=1S/C59H67N7O5S/c1-6-59(7-2,64-57(60)71-37-40-18-12-9-13-19-40)56(69)65-30-14-20-46(55(65)72)53-62-48-28-27-44(33-50(48)63-53)42-23-21-41(22-24-42)43-25-26-45-34-51(61-49(45)32-43)58(5)29-15-31-66(58)54(68)47(38(3)4)35-52(67)70-36-39-16-10-8-11-17-39/h8-13,16-19,21-28,32-34,38,46-47,55,61,72H,6-7,14-15,20,29-31,35-37H2,1-5H3,(H2,60,64)(H,62,63). The van der Waals surface area contributed by atoms with Gasteiger partial charge in [0.2, 0.25) is 5.91 Å². The molecule has 2 saturated heterocycles. The number of amides is 2. The van der Waals surface area contributed by atoms with Crippen molar-refractivity contribution in [1.29, 1.82) is 0 Å². The monoisotopic (exact) mass is 985 g/mol. The lowest BCUT2D eigenvalue weighted by Crippen LogP contribution is -2.54. The van der Waals surface area contributed by atoms with Crippen LogP contribution in [0.15, 0.2) is 132 Å². The van der Waals surface area contributed by atoms with Crippen LogP contribution in [0.1, 0.15) is 108 Å². The van der Waals surface area contributed by atoms with Crippen LogP contribution in [0.2, 0.25) is 0 Å². The van der Waals surface area contributed by atoms with E-state index in [4.69, 9.17) is 37.8 Å². The van der Waals surface area contributed by atoms with Crippen LogP contribution in [-0.4, -0.2) is 72.6 Å². The number of nitrogens with one attached hydrogen (secondary N) is 2. The van der Waals surface area contributed by atoms with Gasteiger partial charge >= 0.3 is 5.97 Å². The Morgan fingerprint density at radius 3 is 2.04 bits per heavy atom. The maximum atomic E-state index is 14.4. The average Bonchev–Trinajstić information content (AvgIpc) is 4.15. The molecule has 72 heavy (non-hydrogen) atoms. The summed E-state index contributed by atoms with van der Waals surface area (Å²) in [5, 5.41) is 0.672. The lowest BCUT2D eigenvalue weighted by Gasteiger charge is -2.42. The Bertz CT molecular complexity index is 3060. The number of nitrogens with two attached hydrogens (primary N) is 1. The van der Waals surface area contributed by atoms with E-state index in [1.807, 2.05) is 104 Å². The minimum absolute atomic E-state index is 0.00191. The summed E-state index contributed by atoms with van der Waals surface area (Å²) in [6.45, 7) is 11.7. The first-order chi connectivity index (χ1) is 34.8. The van der Waals surface area contributed by atoms with Crippen LogP contribution in [0, 0.1) is 11.8 Å². The van der Waals surface area contributed by atoms with E-state index in [1.165, 1.54) is 0 Å². The highest BCUT2D eigenvalue weighted by atomic mass is 32.1. The van der Waals surface area contributed by atoms with Crippen LogP contribution in [-0.2, 0) is 42.6 Å². The Balaban J connectivity index is 0.867. The van der Waals surface area contributed by atoms with Crippen LogP contribution in [0.25, 0.3) is 44.2 Å². The summed E-state index contributed by atoms with van der Waals surface area (Å²) in [5.41, 5.74) is 14.7. The van der Waals surface area contributed by atoms with Gasteiger partial charge in [-0.2, -0.15) is 12.6 Å². The molecule has 4 unspecified atom stereocenters. The van der Waals surface area contributed by atoms with Crippen molar-refractivity contribution >= 4 is 58.4 Å². The summed E-state index contributed by atoms with van der Waals surface area (Å²) < 4.78 is 11.4. The fourth-order valence-electron chi connectivity index (χ4n) is 10.7. The van der Waals surface area contributed by atoms with Gasteiger partial charge in [-0.1, -0.05) is 131 Å². The molecule has 4 N–H and O–H groups in total. The second-order valence-electron chi connectivity index (χ2n) is 20.1. The lowest BCUT2D eigenvalue weighted by molar-refractivity contribution is -0.152. The molecule has 0 aliphatic carbocycles. The van der Waals surface area contributed by atoms with E-state index in [0.29, 0.717) is 25.9 Å². The highest BCUT2D eigenvalue weighted by Gasteiger charge is 2.46. The van der Waals surface area contributed by atoms with Crippen molar-refractivity contribution in [3.8, 4) is 22.3 Å². The highest BCUT2D eigenvalue weighted by Crippen LogP contribution is 2.42. The number of aliphatic imine (C=N–C) groups is 1. The molecule has 12 nitrogen and oxygen atoms in total. The number of thiol groups is 1. The summed E-state index contributed by atoms with van der Waals surface area (Å²) in [4.78, 5) is 62.7. The minimum Gasteiger partial charge on any atom is -0.461 e. The molecule has 5 aromatic carbocycles. The fraction of sp³-hybridized carbons (Fsp3) is 0.373. The SMILES string of the molecule is CCC(CC)(N=C(N)OCc1ccccc1)C(=O)N1CCCC(c2nc3ccc(-c4ccc(-c5ccc6cc(C7(C)CCCN7C(=O)C(CC(=O)OCc7ccccc7)C(C)C)[nH]c6c5)cc4)cc3[nH]2)C1S. The maximum Gasteiger partial charge on any atom is 0.306 e. The highest BCUT2D eigenvalue weighted by molar-refractivity contribution is 7.81. The van der Waals surface area contributed by atoms with Crippen molar-refractivity contribution < 1.29 is 23.9 Å². The van der Waals surface area contributed by atoms with Gasteiger partial charge in [0.15, 0.2) is 0 Å². The van der Waals surface area contributed by atoms with E-state index in [2.05, 4.69) is 77.6 Å². The first-order valence-corrected chi connectivity index (χ1v) is 26.1. The summed E-state index contributed by atoms with van der Waals surface area (Å²) in [7, 11) is 0. The Hall–Kier alpha value is -6.86. The fourth-order valence-corrected chi connectivity index (χ4v) is 11.2. The van der Waals surface area contributed by atoms with Gasteiger partial charge in [0.05, 0.1) is 34.3 Å². The Labute approximate surface area is 428 Å². The topological polar surface area (TPSA) is 159 Å². The van der Waals surface area contributed by atoms with Crippen LogP contribution >= 0.6 is 12.6 Å². The Morgan fingerprint density at radius 1 is 0.792 bits per heavy atom. The number of amidine groups is 1. The van der Waals surface area contributed by atoms with Gasteiger partial charge in [0.1, 0.15) is 24.6 Å². The van der Waals surface area contributed by atoms with E-state index in [-0.39, 0.29) is 55.3 Å². The number of aromatic nitrogens is 3. The van der Waals surface area contributed by atoms with Crippen molar-refractivity contribution in [2.45, 2.75) is 115 Å². The first kappa shape index (κ1) is 50.1. The van der Waals surface area contributed by atoms with Gasteiger partial charge in [0, 0.05) is 30.2 Å². The number of fused-ring (bicyclic) bond motifs is 2. The molecule has 2 amide bonds. The summed E-state index contributed by atoms with van der Waals surface area (Å²) in [6.07, 6.45) is 4.33. The molecule has 374 valence electrons. The van der Waals surface area contributed by atoms with Gasteiger partial charge in [0.25, 0.3) is 11.9 Å². The van der Waals surface area contributed by atoms with Crippen molar-refractivity contribution in [2.75, 3.05) is 13.1 Å². The number of esters is 1. The average molecular weight is 986 g/mol. The Kier molecular flexibility index (Phi) is 14.9. The quantitative estimate of drug-likeness (QED) is 0.0325. The third-order valence-electron chi connectivity index (χ3n) is 15.2. The molecule has 13 heteroatoms. The molecule has 4 heterocycles. The van der Waals surface area contributed by atoms with Gasteiger partial charge in [-0.25, -0.2) is 9.98 Å². The molecule has 2 aliphatic heterocycles. The van der Waals surface area contributed by atoms with E-state index >= 15 is 0 Å². The molecule has 2 aliphatic rings. The summed E-state index contributed by atoms with van der Waals surface area (Å²) in [6, 6.07) is 42.9. The lowest BCUT2D eigenvalue weighted by atomic mass is 9.88. The van der Waals surface area contributed by atoms with E-state index in [0.717, 1.165) is 92.5 Å². The number of ether oxygens (including phenoxy) is 2. The predicted octanol–water partition coefficient (Wildman–Crippen LogP) is 11.7. The zero-order valence-electron chi connectivity index (χ0n) is 42.1. The second kappa shape index (κ2) is 21.5. The van der Waals surface area contributed by atoms with Crippen LogP contribution in [0.3, 0.4) is 0 Å². The summed E-state index contributed by atoms with van der Waals surface area (Å²) >= 11 is 5.09. The third-order valence-corrected chi connectivity index (χ3v) is 15.9. The number of nitrogens with zero attached hydrogens (tertiary/aromatic N) is 4. The van der Waals surface area contributed by atoms with Gasteiger partial charge in [-0.15, -0.1) is 0 Å². The van der Waals surface area contributed by atoms with Gasteiger partial charge < -0.3 is 35.0 Å². The molecule has 0 saturated carbocycles. The first-order valence-electron chi connectivity index (χ1n) is 25.5. The summed E-state index contributed by atoms with van der Waals surface area (Å²) in [5.74, 6) is -0.279. The zero-order chi connectivity index (χ0) is 50.6. The van der Waals surface area contributed by atoms with Crippen LogP contribution in [0.4, 0.5) is 0 Å². The number of hydrogen-bond acceptors (Lipinski definition) is 8. The largest absolute Gasteiger partial charge is 0.461 e. The van der Waals surface area contributed by atoms with E-state index in [1.54, 1.807) is 0 Å². The predicted molar refractivity (Wildman–Crippen MR) is 289 cm³/mol. The molecule has 9 rings (SSSR count). The molecular weight excluding hydrogens is 919 g/mol. The molecule has 0 bridgehead atoms. The molecule has 2 aromatic heterocycles. The maximum absolute atomic E-state index is 14.4. The van der Waals surface area contributed by atoms with Crippen molar-refractivity contribution in [3.63, 3.8) is 0 Å². The number of imidazole rings is 1. The van der Waals surface area contributed by atoms with Crippen LogP contribution in [0.5, 0.6) is 0 Å². The molecule has 0 radical (unpaired) electrons. The molecule has 4 atom stereocenters. The normalized spacial score (nSPS) is 19.0. The zero-order valence-corrected chi connectivity index (χ0v) is 43.0. The number of hydrogen-bond donors (Lipinski definition) is 4. The number of aromatic amines is 2. The molecule has 2 fully saturated rings. The second-order valence-corrected chi connectivity index (χ2v) is 20.6.